The van der Waals surface area contributed by atoms with Gasteiger partial charge in [0.05, 0.1) is 0 Å². The van der Waals surface area contributed by atoms with Gasteiger partial charge >= 0.3 is 0 Å². The summed E-state index contributed by atoms with van der Waals surface area (Å²) in [5.74, 6) is -1.09. The second-order valence-electron chi connectivity index (χ2n) is 5.09. The van der Waals surface area contributed by atoms with Gasteiger partial charge in [0.1, 0.15) is 11.6 Å². The predicted molar refractivity (Wildman–Crippen MR) is 84.5 cm³/mol. The molecule has 1 N–H and O–H groups in total. The summed E-state index contributed by atoms with van der Waals surface area (Å²) in [5.41, 5.74) is 1.19. The molecular weight excluding hydrogens is 356 g/mol. The number of nitrogens with one attached hydrogen (secondary N) is 1. The van der Waals surface area contributed by atoms with Crippen LogP contribution in [0.1, 0.15) is 18.4 Å². The molecule has 0 aliphatic heterocycles. The van der Waals surface area contributed by atoms with Crippen molar-refractivity contribution in [2.75, 3.05) is 0 Å². The first-order valence-corrected chi connectivity index (χ1v) is 8.37. The van der Waals surface area contributed by atoms with Crippen LogP contribution in [0.15, 0.2) is 50.7 Å². The first-order valence-electron chi connectivity index (χ1n) is 6.76. The molecular formula is C16H14BrF2NS. The van der Waals surface area contributed by atoms with Crippen molar-refractivity contribution in [1.29, 1.82) is 0 Å². The summed E-state index contributed by atoms with van der Waals surface area (Å²) in [5, 5.41) is 3.46. The van der Waals surface area contributed by atoms with Gasteiger partial charge in [0.25, 0.3) is 0 Å². The lowest BCUT2D eigenvalue weighted by atomic mass is 10.2. The largest absolute Gasteiger partial charge is 0.310 e. The van der Waals surface area contributed by atoms with Crippen LogP contribution >= 0.6 is 27.7 Å². The van der Waals surface area contributed by atoms with Gasteiger partial charge in [-0.25, -0.2) is 8.78 Å². The van der Waals surface area contributed by atoms with Gasteiger partial charge in [-0.3, -0.25) is 0 Å². The molecule has 0 aromatic heterocycles. The van der Waals surface area contributed by atoms with E-state index < -0.39 is 11.6 Å². The Hall–Kier alpha value is -0.910. The quantitative estimate of drug-likeness (QED) is 0.783. The maximum atomic E-state index is 13.6. The Morgan fingerprint density at radius 2 is 1.95 bits per heavy atom. The first kappa shape index (κ1) is 15.0. The lowest BCUT2D eigenvalue weighted by molar-refractivity contribution is 0.565. The third-order valence-electron chi connectivity index (χ3n) is 3.30. The molecule has 1 nitrogen and oxygen atoms in total. The number of halogens is 3. The van der Waals surface area contributed by atoms with E-state index in [1.165, 1.54) is 42.3 Å². The summed E-state index contributed by atoms with van der Waals surface area (Å²) < 4.78 is 27.5. The fourth-order valence-electron chi connectivity index (χ4n) is 1.96. The zero-order chi connectivity index (χ0) is 14.8. The van der Waals surface area contributed by atoms with Crippen molar-refractivity contribution in [3.05, 3.63) is 58.1 Å². The molecule has 0 saturated heterocycles. The molecule has 1 aliphatic rings. The van der Waals surface area contributed by atoms with E-state index in [1.54, 1.807) is 0 Å². The molecule has 110 valence electrons. The molecule has 0 unspecified atom stereocenters. The van der Waals surface area contributed by atoms with Gasteiger partial charge in [-0.2, -0.15) is 0 Å². The minimum absolute atomic E-state index is 0.423. The molecule has 1 fully saturated rings. The fourth-order valence-corrected chi connectivity index (χ4v) is 3.49. The minimum atomic E-state index is -0.556. The molecule has 2 aromatic carbocycles. The van der Waals surface area contributed by atoms with Crippen LogP contribution < -0.4 is 5.32 Å². The van der Waals surface area contributed by atoms with Crippen LogP contribution in [0, 0.1) is 11.6 Å². The van der Waals surface area contributed by atoms with Gasteiger partial charge in [0, 0.05) is 32.9 Å². The van der Waals surface area contributed by atoms with E-state index in [0.717, 1.165) is 22.0 Å². The summed E-state index contributed by atoms with van der Waals surface area (Å²) in [6.07, 6.45) is 2.52. The molecule has 0 heterocycles. The van der Waals surface area contributed by atoms with Gasteiger partial charge in [0.15, 0.2) is 0 Å². The Balaban J connectivity index is 1.71. The fraction of sp³-hybridized carbons (Fsp3) is 0.250. The van der Waals surface area contributed by atoms with E-state index in [2.05, 4.69) is 21.2 Å². The highest BCUT2D eigenvalue weighted by Gasteiger charge is 2.20. The van der Waals surface area contributed by atoms with E-state index in [0.29, 0.717) is 10.9 Å². The Bertz CT molecular complexity index is 659. The highest BCUT2D eigenvalue weighted by Crippen LogP contribution is 2.33. The molecule has 1 aliphatic carbocycles. The Morgan fingerprint density at radius 3 is 2.62 bits per heavy atom. The molecule has 0 spiro atoms. The summed E-state index contributed by atoms with van der Waals surface area (Å²) in [4.78, 5) is 1.34. The van der Waals surface area contributed by atoms with Crippen LogP contribution in [0.5, 0.6) is 0 Å². The van der Waals surface area contributed by atoms with Crippen molar-refractivity contribution < 1.29 is 8.78 Å². The first-order chi connectivity index (χ1) is 10.1. The van der Waals surface area contributed by atoms with E-state index in [1.807, 2.05) is 18.2 Å². The normalized spacial score (nSPS) is 14.4. The number of hydrogen-bond donors (Lipinski definition) is 1. The zero-order valence-corrected chi connectivity index (χ0v) is 13.6. The molecule has 0 bridgehead atoms. The van der Waals surface area contributed by atoms with Gasteiger partial charge in [0.2, 0.25) is 0 Å². The van der Waals surface area contributed by atoms with Crippen molar-refractivity contribution in [1.82, 2.24) is 5.32 Å². The molecule has 0 amide bonds. The maximum absolute atomic E-state index is 13.6. The lowest BCUT2D eigenvalue weighted by Crippen LogP contribution is -2.15. The third-order valence-corrected chi connectivity index (χ3v) is 5.08. The molecule has 3 rings (SSSR count). The van der Waals surface area contributed by atoms with Crippen LogP contribution in [-0.2, 0) is 6.54 Å². The molecule has 0 atom stereocenters. The Kier molecular flexibility index (Phi) is 4.62. The second kappa shape index (κ2) is 6.46. The number of rotatable bonds is 5. The maximum Gasteiger partial charge on any atom is 0.140 e. The SMILES string of the molecule is Fc1ccc(Sc2ccc(CNC3CC3)c(Br)c2)c(F)c1. The van der Waals surface area contributed by atoms with E-state index in [9.17, 15) is 8.78 Å². The van der Waals surface area contributed by atoms with Crippen molar-refractivity contribution in [2.45, 2.75) is 35.2 Å². The van der Waals surface area contributed by atoms with Crippen molar-refractivity contribution in [2.24, 2.45) is 0 Å². The standard InChI is InChI=1S/C16H14BrF2NS/c17-14-8-13(5-1-10(14)9-20-12-3-4-12)21-16-6-2-11(18)7-15(16)19/h1-2,5-8,12,20H,3-4,9H2. The highest BCUT2D eigenvalue weighted by molar-refractivity contribution is 9.10. The third kappa shape index (κ3) is 4.05. The molecule has 0 radical (unpaired) electrons. The van der Waals surface area contributed by atoms with Gasteiger partial charge in [-0.15, -0.1) is 0 Å². The Labute approximate surface area is 135 Å². The number of hydrogen-bond acceptors (Lipinski definition) is 2. The number of benzene rings is 2. The van der Waals surface area contributed by atoms with E-state index >= 15 is 0 Å². The minimum Gasteiger partial charge on any atom is -0.310 e. The monoisotopic (exact) mass is 369 g/mol. The topological polar surface area (TPSA) is 12.0 Å². The summed E-state index contributed by atoms with van der Waals surface area (Å²) >= 11 is 4.84. The van der Waals surface area contributed by atoms with Crippen LogP contribution in [0.4, 0.5) is 8.78 Å². The average Bonchev–Trinajstić information content (AvgIpc) is 3.25. The van der Waals surface area contributed by atoms with Crippen LogP contribution in [0.2, 0.25) is 0 Å². The molecule has 5 heteroatoms. The van der Waals surface area contributed by atoms with Gasteiger partial charge in [-0.1, -0.05) is 33.8 Å². The zero-order valence-electron chi connectivity index (χ0n) is 11.2. The van der Waals surface area contributed by atoms with Crippen molar-refractivity contribution in [3.63, 3.8) is 0 Å². The van der Waals surface area contributed by atoms with Crippen LogP contribution in [0.25, 0.3) is 0 Å². The summed E-state index contributed by atoms with van der Waals surface area (Å²) in [6.45, 7) is 0.834. The molecule has 21 heavy (non-hydrogen) atoms. The average molecular weight is 370 g/mol. The Morgan fingerprint density at radius 1 is 1.14 bits per heavy atom. The predicted octanol–water partition coefficient (Wildman–Crippen LogP) is 5.13. The second-order valence-corrected chi connectivity index (χ2v) is 7.05. The van der Waals surface area contributed by atoms with E-state index in [4.69, 9.17) is 0 Å². The summed E-state index contributed by atoms with van der Waals surface area (Å²) in [7, 11) is 0. The molecule has 2 aromatic rings. The smallest absolute Gasteiger partial charge is 0.140 e. The van der Waals surface area contributed by atoms with Crippen LogP contribution in [0.3, 0.4) is 0 Å². The van der Waals surface area contributed by atoms with Crippen molar-refractivity contribution in [3.8, 4) is 0 Å². The van der Waals surface area contributed by atoms with Gasteiger partial charge < -0.3 is 5.32 Å². The van der Waals surface area contributed by atoms with E-state index in [-0.39, 0.29) is 0 Å². The van der Waals surface area contributed by atoms with Crippen molar-refractivity contribution >= 4 is 27.7 Å². The lowest BCUT2D eigenvalue weighted by Gasteiger charge is -2.09. The molecule has 1 saturated carbocycles. The van der Waals surface area contributed by atoms with Crippen LogP contribution in [-0.4, -0.2) is 6.04 Å². The van der Waals surface area contributed by atoms with Gasteiger partial charge in [-0.05, 0) is 42.7 Å². The summed E-state index contributed by atoms with van der Waals surface area (Å²) in [6, 6.07) is 10.3. The highest BCUT2D eigenvalue weighted by atomic mass is 79.9.